The number of imidazole rings is 1. The van der Waals surface area contributed by atoms with Crippen molar-refractivity contribution in [1.82, 2.24) is 28.4 Å². The minimum Gasteiger partial charge on any atom is -0.423 e. The quantitative estimate of drug-likeness (QED) is 0.138. The summed E-state index contributed by atoms with van der Waals surface area (Å²) in [5.41, 5.74) is 3.92. The van der Waals surface area contributed by atoms with E-state index in [0.29, 0.717) is 5.58 Å². The number of hydrogen-bond acceptors (Lipinski definition) is 11. The van der Waals surface area contributed by atoms with E-state index in [9.17, 15) is 4.79 Å². The Labute approximate surface area is 452 Å². The Kier molecular flexibility index (Phi) is 63.7. The molecule has 408 valence electrons. The maximum absolute atomic E-state index is 10.7. The van der Waals surface area contributed by atoms with Crippen LogP contribution in [0.2, 0.25) is 0 Å². The zero-order chi connectivity index (χ0) is 56.7. The van der Waals surface area contributed by atoms with Crippen LogP contribution < -0.4 is 5.63 Å². The molecule has 9 rings (SSSR count). The summed E-state index contributed by atoms with van der Waals surface area (Å²) in [4.78, 5) is 15.8. The van der Waals surface area contributed by atoms with E-state index in [0.717, 1.165) is 62.0 Å². The molecule has 0 bridgehead atoms. The number of aromatic nitrogens is 6. The van der Waals surface area contributed by atoms with E-state index < -0.39 is 0 Å². The van der Waals surface area contributed by atoms with Gasteiger partial charge in [-0.25, -0.2) is 14.4 Å². The van der Waals surface area contributed by atoms with Gasteiger partial charge < -0.3 is 4.42 Å². The Hall–Kier alpha value is -5.04. The van der Waals surface area contributed by atoms with Gasteiger partial charge in [0.1, 0.15) is 27.6 Å². The maximum Gasteiger partial charge on any atom is 0.336 e. The SMILES string of the molecule is CC.CC.CC.CC.CC.CC(C)C.CC(C)C.CC(C)C.CC(C)C.CC(C)C.O=c1ccc2ccccc2o1.c1ccc2nonc2c1.c1ccc2nsnc2c1.c1ccsc1.c1cn2ccsc2n1. The lowest BCUT2D eigenvalue weighted by atomic mass is 10.2. The monoisotopic (exact) mass is 1050 g/mol. The molecule has 6 aromatic heterocycles. The highest BCUT2D eigenvalue weighted by atomic mass is 32.1. The Balaban J connectivity index is -0.000000169. The van der Waals surface area contributed by atoms with Crippen LogP contribution in [0.1, 0.15) is 173 Å². The second-order valence-electron chi connectivity index (χ2n) is 16.8. The fourth-order valence-electron chi connectivity index (χ4n) is 3.35. The summed E-state index contributed by atoms with van der Waals surface area (Å²) in [5, 5.41) is 14.3. The minimum absolute atomic E-state index is 0.302. The van der Waals surface area contributed by atoms with Crippen molar-refractivity contribution < 1.29 is 9.05 Å². The smallest absolute Gasteiger partial charge is 0.336 e. The Morgan fingerprint density at radius 3 is 1.19 bits per heavy atom. The van der Waals surface area contributed by atoms with Crippen molar-refractivity contribution in [3.63, 3.8) is 0 Å². The third-order valence-electron chi connectivity index (χ3n) is 5.30. The first-order valence-corrected chi connectivity index (χ1v) is 28.6. The maximum atomic E-state index is 10.7. The van der Waals surface area contributed by atoms with Gasteiger partial charge in [0.05, 0.1) is 11.7 Å². The lowest BCUT2D eigenvalue weighted by Crippen LogP contribution is -1.93. The first kappa shape index (κ1) is 78.4. The predicted octanol–water partition coefficient (Wildman–Crippen LogP) is 21.3. The van der Waals surface area contributed by atoms with Crippen molar-refractivity contribution in [2.45, 2.75) is 173 Å². The molecule has 0 amide bonds. The lowest BCUT2D eigenvalue weighted by molar-refractivity contribution is 0.315. The van der Waals surface area contributed by atoms with Crippen LogP contribution in [0.3, 0.4) is 0 Å². The number of fused-ring (bicyclic) bond motifs is 4. The van der Waals surface area contributed by atoms with E-state index in [1.807, 2.05) is 181 Å². The van der Waals surface area contributed by atoms with Crippen molar-refractivity contribution in [1.29, 1.82) is 0 Å². The average Bonchev–Trinajstić information content (AvgIpc) is 4.22. The molecule has 0 aliphatic heterocycles. The van der Waals surface area contributed by atoms with E-state index in [4.69, 9.17) is 4.42 Å². The molecular weight excluding hydrogens is 949 g/mol. The molecule has 3 aromatic carbocycles. The third kappa shape index (κ3) is 54.3. The zero-order valence-corrected chi connectivity index (χ0v) is 52.2. The van der Waals surface area contributed by atoms with Crippen molar-refractivity contribution in [2.24, 2.45) is 29.6 Å². The number of para-hydroxylation sites is 1. The van der Waals surface area contributed by atoms with Crippen LogP contribution >= 0.6 is 34.4 Å². The van der Waals surface area contributed by atoms with Crippen LogP contribution in [0, 0.1) is 29.6 Å². The molecule has 0 saturated carbocycles. The van der Waals surface area contributed by atoms with E-state index in [1.165, 1.54) is 17.8 Å². The van der Waals surface area contributed by atoms with Gasteiger partial charge in [-0.3, -0.25) is 4.40 Å². The molecule has 0 unspecified atom stereocenters. The van der Waals surface area contributed by atoms with Gasteiger partial charge in [-0.2, -0.15) is 20.1 Å². The lowest BCUT2D eigenvalue weighted by Gasteiger charge is -1.91. The molecule has 0 saturated heterocycles. The summed E-state index contributed by atoms with van der Waals surface area (Å²) in [5.74, 6) is 4.17. The van der Waals surface area contributed by atoms with Gasteiger partial charge in [-0.05, 0) is 87.1 Å². The number of nitrogens with zero attached hydrogens (tertiary/aromatic N) is 6. The van der Waals surface area contributed by atoms with Gasteiger partial charge in [0.25, 0.3) is 0 Å². The molecule has 0 radical (unpaired) electrons. The van der Waals surface area contributed by atoms with Crippen LogP contribution in [-0.2, 0) is 0 Å². The number of benzene rings is 3. The van der Waals surface area contributed by atoms with E-state index in [1.54, 1.807) is 41.0 Å². The third-order valence-corrected chi connectivity index (χ3v) is 7.27. The molecule has 12 heteroatoms. The topological polar surface area (TPSA) is 112 Å². The van der Waals surface area contributed by atoms with Crippen molar-refractivity contribution in [3.05, 3.63) is 142 Å². The number of thiazole rings is 1. The molecule has 9 aromatic rings. The van der Waals surface area contributed by atoms with Gasteiger partial charge in [0.2, 0.25) is 0 Å². The standard InChI is InChI=1S/C9H6O2.C6H4N2O.C6H4N2S.C5H4N2S.C4H4S.5C4H10.5C2H6/c10-9-6-5-7-3-1-2-4-8(7)11-9;2*1-2-4-6-5(3-1)7-9-8-6;1-2-7-3-4-8-5(7)6-1;1-2-4-5-3-1;5*1-4(2)3;5*1-2/h1-6H;2*1-4H;1-4H;1-4H;5*4H,1-3H3;5*1-2H3. The van der Waals surface area contributed by atoms with E-state index in [2.05, 4.69) is 133 Å². The first-order valence-electron chi connectivity index (χ1n) is 26.1. The van der Waals surface area contributed by atoms with Crippen molar-refractivity contribution in [3.8, 4) is 0 Å². The molecule has 0 aliphatic rings. The van der Waals surface area contributed by atoms with Gasteiger partial charge in [-0.15, -0.1) is 11.3 Å². The summed E-state index contributed by atoms with van der Waals surface area (Å²) in [7, 11) is 0. The molecule has 9 nitrogen and oxygen atoms in total. The van der Waals surface area contributed by atoms with E-state index in [-0.39, 0.29) is 5.63 Å². The predicted molar refractivity (Wildman–Crippen MR) is 328 cm³/mol. The van der Waals surface area contributed by atoms with Gasteiger partial charge >= 0.3 is 5.63 Å². The highest BCUT2D eigenvalue weighted by Gasteiger charge is 1.94. The Morgan fingerprint density at radius 1 is 0.444 bits per heavy atom. The van der Waals surface area contributed by atoms with Gasteiger partial charge in [-0.1, -0.05) is 228 Å². The zero-order valence-electron chi connectivity index (χ0n) is 49.7. The Morgan fingerprint density at radius 2 is 0.819 bits per heavy atom. The van der Waals surface area contributed by atoms with Gasteiger partial charge in [0.15, 0.2) is 4.96 Å². The summed E-state index contributed by atoms with van der Waals surface area (Å²) >= 11 is 4.61. The van der Waals surface area contributed by atoms with Crippen LogP contribution in [0.25, 0.3) is 38.0 Å². The molecule has 0 N–H and O–H groups in total. The number of rotatable bonds is 0. The molecular formula is C60H102N6O3S3. The van der Waals surface area contributed by atoms with E-state index >= 15 is 0 Å². The fourth-order valence-corrected chi connectivity index (χ4v) is 5.01. The highest BCUT2D eigenvalue weighted by molar-refractivity contribution is 7.15. The summed E-state index contributed by atoms with van der Waals surface area (Å²) in [6.45, 7) is 52.5. The largest absolute Gasteiger partial charge is 0.423 e. The number of thiophene rings is 1. The molecule has 72 heavy (non-hydrogen) atoms. The molecule has 0 atom stereocenters. The molecule has 0 spiro atoms. The van der Waals surface area contributed by atoms with Crippen LogP contribution in [0.5, 0.6) is 0 Å². The molecule has 6 heterocycles. The minimum atomic E-state index is -0.302. The average molecular weight is 1050 g/mol. The summed E-state index contributed by atoms with van der Waals surface area (Å²) in [6, 6.07) is 30.0. The van der Waals surface area contributed by atoms with Gasteiger partial charge in [0, 0.05) is 35.4 Å². The van der Waals surface area contributed by atoms with Crippen molar-refractivity contribution in [2.75, 3.05) is 0 Å². The van der Waals surface area contributed by atoms with Crippen LogP contribution in [-0.4, -0.2) is 28.4 Å². The number of hydrogen-bond donors (Lipinski definition) is 0. The molecule has 0 fully saturated rings. The van der Waals surface area contributed by atoms with Crippen LogP contribution in [0.4, 0.5) is 0 Å². The first-order chi connectivity index (χ1) is 34.4. The summed E-state index contributed by atoms with van der Waals surface area (Å²) < 4.78 is 19.5. The second kappa shape index (κ2) is 58.5. The summed E-state index contributed by atoms with van der Waals surface area (Å²) in [6.07, 6.45) is 5.73. The van der Waals surface area contributed by atoms with Crippen molar-refractivity contribution >= 4 is 72.4 Å². The Bertz CT molecular complexity index is 2130. The van der Waals surface area contributed by atoms with Crippen LogP contribution in [0.15, 0.2) is 146 Å². The highest BCUT2D eigenvalue weighted by Crippen LogP contribution is 2.10. The fraction of sp³-hybridized carbons (Fsp3) is 0.500. The second-order valence-corrected chi connectivity index (χ2v) is 19.0. The molecule has 0 aliphatic carbocycles. The normalized spacial score (nSPS) is 8.75.